The van der Waals surface area contributed by atoms with Crippen LogP contribution in [-0.4, -0.2) is 53.9 Å². The molecule has 4 rings (SSSR count). The van der Waals surface area contributed by atoms with Gasteiger partial charge >= 0.3 is 6.03 Å². The van der Waals surface area contributed by atoms with Gasteiger partial charge in [0.15, 0.2) is 0 Å². The molecule has 0 aliphatic heterocycles. The van der Waals surface area contributed by atoms with Gasteiger partial charge in [-0.1, -0.05) is 48.5 Å². The van der Waals surface area contributed by atoms with Crippen molar-refractivity contribution in [3.8, 4) is 28.4 Å². The molecule has 2 N–H and O–H groups in total. The van der Waals surface area contributed by atoms with Gasteiger partial charge in [0.1, 0.15) is 23.9 Å². The highest BCUT2D eigenvalue weighted by Gasteiger charge is 2.20. The molecular formula is C28H29N5O4. The number of likely N-dealkylation sites (N-methyl/N-ethyl adjacent to an activating group) is 1. The fourth-order valence-electron chi connectivity index (χ4n) is 3.77. The first-order chi connectivity index (χ1) is 18.0. The van der Waals surface area contributed by atoms with E-state index < -0.39 is 6.03 Å². The Hall–Kier alpha value is -4.79. The molecule has 0 unspecified atom stereocenters. The Labute approximate surface area is 215 Å². The Morgan fingerprint density at radius 1 is 0.892 bits per heavy atom. The zero-order valence-electron chi connectivity index (χ0n) is 21.0. The van der Waals surface area contributed by atoms with Crippen LogP contribution >= 0.6 is 0 Å². The Morgan fingerprint density at radius 2 is 1.59 bits per heavy atom. The van der Waals surface area contributed by atoms with E-state index in [9.17, 15) is 9.59 Å². The average Bonchev–Trinajstić information content (AvgIpc) is 3.36. The molecule has 1 heterocycles. The van der Waals surface area contributed by atoms with Crippen LogP contribution in [0.3, 0.4) is 0 Å². The van der Waals surface area contributed by atoms with E-state index in [1.165, 1.54) is 12.0 Å². The lowest BCUT2D eigenvalue weighted by atomic mass is 10.1. The smallest absolute Gasteiger partial charge is 0.322 e. The molecule has 0 radical (unpaired) electrons. The highest BCUT2D eigenvalue weighted by molar-refractivity contribution is 5.97. The number of urea groups is 1. The molecule has 3 amide bonds. The molecule has 190 valence electrons. The third-order valence-corrected chi connectivity index (χ3v) is 5.70. The number of hydrogen-bond donors (Lipinski definition) is 2. The lowest BCUT2D eigenvalue weighted by molar-refractivity contribution is -0.116. The number of amides is 3. The SMILES string of the molecule is CCN(CC(=O)Nc1cc(-c2ccccc2)nn1-c1ccccc1)C(=O)Nc1ccc(OC)cc1OC. The molecule has 0 aliphatic rings. The van der Waals surface area contributed by atoms with Crippen LogP contribution in [0.4, 0.5) is 16.3 Å². The molecule has 1 aromatic heterocycles. The number of aromatic nitrogens is 2. The van der Waals surface area contributed by atoms with Gasteiger partial charge in [-0.15, -0.1) is 0 Å². The van der Waals surface area contributed by atoms with Crippen molar-refractivity contribution >= 4 is 23.4 Å². The number of hydrogen-bond acceptors (Lipinski definition) is 5. The van der Waals surface area contributed by atoms with Gasteiger partial charge in [-0.25, -0.2) is 9.48 Å². The summed E-state index contributed by atoms with van der Waals surface area (Å²) in [5.41, 5.74) is 2.92. The van der Waals surface area contributed by atoms with Crippen LogP contribution in [0.5, 0.6) is 11.5 Å². The van der Waals surface area contributed by atoms with E-state index in [-0.39, 0.29) is 12.5 Å². The number of rotatable bonds is 9. The van der Waals surface area contributed by atoms with Gasteiger partial charge < -0.3 is 25.0 Å². The summed E-state index contributed by atoms with van der Waals surface area (Å²) < 4.78 is 12.2. The summed E-state index contributed by atoms with van der Waals surface area (Å²) in [6.07, 6.45) is 0. The molecule has 37 heavy (non-hydrogen) atoms. The first-order valence-electron chi connectivity index (χ1n) is 11.8. The Balaban J connectivity index is 1.51. The molecular weight excluding hydrogens is 470 g/mol. The molecule has 0 saturated carbocycles. The van der Waals surface area contributed by atoms with E-state index in [2.05, 4.69) is 10.6 Å². The second-order valence-electron chi connectivity index (χ2n) is 8.09. The van der Waals surface area contributed by atoms with Crippen molar-refractivity contribution in [1.82, 2.24) is 14.7 Å². The average molecular weight is 500 g/mol. The van der Waals surface area contributed by atoms with Gasteiger partial charge in [-0.2, -0.15) is 5.10 Å². The van der Waals surface area contributed by atoms with Crippen molar-refractivity contribution in [1.29, 1.82) is 0 Å². The molecule has 9 nitrogen and oxygen atoms in total. The topological polar surface area (TPSA) is 97.7 Å². The predicted octanol–water partition coefficient (Wildman–Crippen LogP) is 5.05. The number of nitrogens with one attached hydrogen (secondary N) is 2. The van der Waals surface area contributed by atoms with Gasteiger partial charge in [0, 0.05) is 24.2 Å². The number of benzene rings is 3. The molecule has 3 aromatic carbocycles. The van der Waals surface area contributed by atoms with Crippen molar-refractivity contribution in [2.24, 2.45) is 0 Å². The van der Waals surface area contributed by atoms with Crippen molar-refractivity contribution in [3.05, 3.63) is 84.9 Å². The van der Waals surface area contributed by atoms with Gasteiger partial charge in [-0.3, -0.25) is 4.79 Å². The lowest BCUT2D eigenvalue weighted by Gasteiger charge is -2.22. The molecule has 9 heteroatoms. The summed E-state index contributed by atoms with van der Waals surface area (Å²) in [5, 5.41) is 10.4. The number of para-hydroxylation sites is 1. The number of carbonyl (C=O) groups is 2. The van der Waals surface area contributed by atoms with E-state index in [0.29, 0.717) is 29.5 Å². The molecule has 0 saturated heterocycles. The normalized spacial score (nSPS) is 10.5. The number of ether oxygens (including phenoxy) is 2. The highest BCUT2D eigenvalue weighted by Crippen LogP contribution is 2.29. The Kier molecular flexibility index (Phi) is 8.05. The monoisotopic (exact) mass is 499 g/mol. The minimum absolute atomic E-state index is 0.151. The zero-order valence-corrected chi connectivity index (χ0v) is 21.0. The van der Waals surface area contributed by atoms with Crippen LogP contribution in [0.25, 0.3) is 16.9 Å². The number of carbonyl (C=O) groups excluding carboxylic acids is 2. The first-order valence-corrected chi connectivity index (χ1v) is 11.8. The Morgan fingerprint density at radius 3 is 2.24 bits per heavy atom. The summed E-state index contributed by atoms with van der Waals surface area (Å²) in [7, 11) is 3.06. The van der Waals surface area contributed by atoms with Crippen LogP contribution in [-0.2, 0) is 4.79 Å². The first kappa shape index (κ1) is 25.3. The third kappa shape index (κ3) is 6.07. The lowest BCUT2D eigenvalue weighted by Crippen LogP contribution is -2.40. The Bertz CT molecular complexity index is 1360. The zero-order chi connectivity index (χ0) is 26.2. The molecule has 0 atom stereocenters. The van der Waals surface area contributed by atoms with Crippen LogP contribution < -0.4 is 20.1 Å². The maximum atomic E-state index is 13.1. The minimum Gasteiger partial charge on any atom is -0.497 e. The fraction of sp³-hybridized carbons (Fsp3) is 0.179. The van der Waals surface area contributed by atoms with E-state index in [4.69, 9.17) is 14.6 Å². The van der Waals surface area contributed by atoms with Gasteiger partial charge in [-0.05, 0) is 31.2 Å². The maximum Gasteiger partial charge on any atom is 0.322 e. The van der Waals surface area contributed by atoms with Crippen molar-refractivity contribution in [2.75, 3.05) is 37.9 Å². The van der Waals surface area contributed by atoms with E-state index in [0.717, 1.165) is 16.9 Å². The molecule has 0 fully saturated rings. The van der Waals surface area contributed by atoms with Gasteiger partial charge in [0.25, 0.3) is 0 Å². The fourth-order valence-corrected chi connectivity index (χ4v) is 3.77. The van der Waals surface area contributed by atoms with E-state index >= 15 is 0 Å². The van der Waals surface area contributed by atoms with Crippen molar-refractivity contribution in [3.63, 3.8) is 0 Å². The molecule has 4 aromatic rings. The summed E-state index contributed by atoms with van der Waals surface area (Å²) in [6, 6.07) is 25.7. The second-order valence-corrected chi connectivity index (χ2v) is 8.09. The summed E-state index contributed by atoms with van der Waals surface area (Å²) in [4.78, 5) is 27.4. The summed E-state index contributed by atoms with van der Waals surface area (Å²) in [5.74, 6) is 1.21. The standard InChI is InChI=1S/C28H29N5O4/c1-4-32(28(35)29-23-16-15-22(36-2)17-25(23)37-3)19-27(34)30-26-18-24(20-11-7-5-8-12-20)31-33(26)21-13-9-6-10-14-21/h5-18H,4,19H2,1-3H3,(H,29,35)(H,30,34). The summed E-state index contributed by atoms with van der Waals surface area (Å²) >= 11 is 0. The highest BCUT2D eigenvalue weighted by atomic mass is 16.5. The summed E-state index contributed by atoms with van der Waals surface area (Å²) in [6.45, 7) is 1.98. The van der Waals surface area contributed by atoms with Gasteiger partial charge in [0.05, 0.1) is 31.3 Å². The third-order valence-electron chi connectivity index (χ3n) is 5.70. The largest absolute Gasteiger partial charge is 0.497 e. The van der Waals surface area contributed by atoms with Gasteiger partial charge in [0.2, 0.25) is 5.91 Å². The van der Waals surface area contributed by atoms with Crippen molar-refractivity contribution in [2.45, 2.75) is 6.92 Å². The molecule has 0 aliphatic carbocycles. The number of methoxy groups -OCH3 is 2. The number of nitrogens with zero attached hydrogens (tertiary/aromatic N) is 3. The quantitative estimate of drug-likeness (QED) is 0.336. The minimum atomic E-state index is -0.428. The van der Waals surface area contributed by atoms with E-state index in [1.807, 2.05) is 66.7 Å². The van der Waals surface area contributed by atoms with Crippen LogP contribution in [0.1, 0.15) is 6.92 Å². The maximum absolute atomic E-state index is 13.1. The van der Waals surface area contributed by atoms with Crippen molar-refractivity contribution < 1.29 is 19.1 Å². The van der Waals surface area contributed by atoms with Crippen LogP contribution in [0.2, 0.25) is 0 Å². The van der Waals surface area contributed by atoms with Crippen LogP contribution in [0.15, 0.2) is 84.9 Å². The molecule has 0 spiro atoms. The molecule has 0 bridgehead atoms. The van der Waals surface area contributed by atoms with Crippen LogP contribution in [0, 0.1) is 0 Å². The number of anilines is 2. The second kappa shape index (κ2) is 11.8. The van der Waals surface area contributed by atoms with E-state index in [1.54, 1.807) is 36.9 Å². The predicted molar refractivity (Wildman–Crippen MR) is 143 cm³/mol.